The minimum absolute atomic E-state index is 0. The van der Waals surface area contributed by atoms with Gasteiger partial charge in [0.2, 0.25) is 0 Å². The normalized spacial score (nSPS) is 14.3. The van der Waals surface area contributed by atoms with E-state index in [4.69, 9.17) is 10.7 Å². The van der Waals surface area contributed by atoms with Crippen molar-refractivity contribution in [1.29, 1.82) is 0 Å². The quantitative estimate of drug-likeness (QED) is 0.322. The van der Waals surface area contributed by atoms with Gasteiger partial charge in [-0.2, -0.15) is 5.10 Å². The molecule has 1 fully saturated rings. The maximum Gasteiger partial charge on any atom is 0.347 e. The van der Waals surface area contributed by atoms with Crippen molar-refractivity contribution in [3.8, 4) is 22.4 Å². The highest BCUT2D eigenvalue weighted by atomic mass is 35.5. The Morgan fingerprint density at radius 2 is 1.67 bits per heavy atom. The lowest BCUT2D eigenvalue weighted by molar-refractivity contribution is -0.00100. The average molecular weight is 478 g/mol. The third kappa shape index (κ3) is 3.70. The standard InChI is InChI=1S/C25H21N5O.2ClH/c26-25(12-4-13-25)18-9-7-17(8-10-18)22-19(16-5-2-1-3-6-16)15-20-21(27-22)11-14-30-23(20)28-29-24(30)31;;/h1-3,5-11,14-15H,4,12-13,26H2,(H,29,31);2*1H/p-2. The third-order valence-corrected chi connectivity index (χ3v) is 6.44. The number of rotatable bonds is 3. The lowest BCUT2D eigenvalue weighted by Gasteiger charge is -2.38. The van der Waals surface area contributed by atoms with E-state index in [1.807, 2.05) is 24.3 Å². The van der Waals surface area contributed by atoms with Crippen LogP contribution in [0.4, 0.5) is 0 Å². The molecule has 0 amide bonds. The summed E-state index contributed by atoms with van der Waals surface area (Å²) in [6.07, 6.45) is 4.97. The Morgan fingerprint density at radius 1 is 0.939 bits per heavy atom. The molecule has 1 aliphatic rings. The first-order valence-corrected chi connectivity index (χ1v) is 10.5. The van der Waals surface area contributed by atoms with Crippen LogP contribution in [0.15, 0.2) is 77.7 Å². The highest BCUT2D eigenvalue weighted by molar-refractivity contribution is 5.98. The molecular weight excluding hydrogens is 457 g/mol. The molecule has 6 nitrogen and oxygen atoms in total. The van der Waals surface area contributed by atoms with Crippen molar-refractivity contribution in [3.63, 3.8) is 0 Å². The van der Waals surface area contributed by atoms with Crippen molar-refractivity contribution in [2.75, 3.05) is 0 Å². The number of H-pyrrole nitrogens is 1. The zero-order valence-corrected chi connectivity index (χ0v) is 19.1. The van der Waals surface area contributed by atoms with E-state index in [9.17, 15) is 4.79 Å². The second-order valence-corrected chi connectivity index (χ2v) is 8.31. The van der Waals surface area contributed by atoms with Gasteiger partial charge in [0, 0.05) is 28.2 Å². The number of benzene rings is 2. The lowest BCUT2D eigenvalue weighted by Crippen LogP contribution is -3.00. The van der Waals surface area contributed by atoms with Gasteiger partial charge >= 0.3 is 5.69 Å². The van der Waals surface area contributed by atoms with E-state index < -0.39 is 0 Å². The molecule has 3 aromatic heterocycles. The Balaban J connectivity index is 0.00000130. The number of hydrogen-bond acceptors (Lipinski definition) is 4. The lowest BCUT2D eigenvalue weighted by atomic mass is 9.72. The molecule has 0 spiro atoms. The van der Waals surface area contributed by atoms with Crippen LogP contribution in [0.25, 0.3) is 38.9 Å². The van der Waals surface area contributed by atoms with Gasteiger partial charge in [0.1, 0.15) is 0 Å². The topological polar surface area (TPSA) is 89.1 Å². The Bertz CT molecular complexity index is 1490. The molecule has 3 N–H and O–H groups in total. The molecule has 0 aliphatic heterocycles. The summed E-state index contributed by atoms with van der Waals surface area (Å²) in [4.78, 5) is 17.0. The van der Waals surface area contributed by atoms with Crippen LogP contribution >= 0.6 is 0 Å². The number of nitrogens with one attached hydrogen (secondary N) is 1. The van der Waals surface area contributed by atoms with Crippen LogP contribution in [0.1, 0.15) is 24.8 Å². The summed E-state index contributed by atoms with van der Waals surface area (Å²) in [7, 11) is 0. The number of nitrogens with two attached hydrogens (primary N) is 1. The van der Waals surface area contributed by atoms with Crippen molar-refractivity contribution < 1.29 is 24.8 Å². The summed E-state index contributed by atoms with van der Waals surface area (Å²) in [6.45, 7) is 0. The van der Waals surface area contributed by atoms with Crippen molar-refractivity contribution in [2.45, 2.75) is 24.8 Å². The predicted octanol–water partition coefficient (Wildman–Crippen LogP) is -1.75. The van der Waals surface area contributed by atoms with E-state index in [-0.39, 0.29) is 36.0 Å². The summed E-state index contributed by atoms with van der Waals surface area (Å²) in [5.74, 6) is 0. The molecule has 0 unspecified atom stereocenters. The summed E-state index contributed by atoms with van der Waals surface area (Å²) < 4.78 is 1.51. The number of fused-ring (bicyclic) bond motifs is 3. The molecule has 0 radical (unpaired) electrons. The number of nitrogens with zero attached hydrogens (tertiary/aromatic N) is 3. The fraction of sp³-hybridized carbons (Fsp3) is 0.160. The van der Waals surface area contributed by atoms with Gasteiger partial charge in [-0.15, -0.1) is 0 Å². The van der Waals surface area contributed by atoms with Crippen LogP contribution in [0.3, 0.4) is 0 Å². The number of halogens is 2. The van der Waals surface area contributed by atoms with Gasteiger partial charge in [0.25, 0.3) is 0 Å². The van der Waals surface area contributed by atoms with Crippen molar-refractivity contribution in [1.82, 2.24) is 19.6 Å². The van der Waals surface area contributed by atoms with Crippen LogP contribution in [0, 0.1) is 0 Å². The monoisotopic (exact) mass is 477 g/mol. The number of pyridine rings is 2. The van der Waals surface area contributed by atoms with Crippen molar-refractivity contribution in [3.05, 3.63) is 89.0 Å². The molecule has 2 aromatic carbocycles. The molecule has 6 rings (SSSR count). The van der Waals surface area contributed by atoms with E-state index in [1.54, 1.807) is 6.20 Å². The molecule has 3 heterocycles. The van der Waals surface area contributed by atoms with Gasteiger partial charge in [-0.25, -0.2) is 19.3 Å². The van der Waals surface area contributed by atoms with E-state index in [0.29, 0.717) is 5.65 Å². The van der Waals surface area contributed by atoms with Gasteiger partial charge in [-0.1, -0.05) is 54.6 Å². The van der Waals surface area contributed by atoms with Gasteiger partial charge in [-0.3, -0.25) is 0 Å². The van der Waals surface area contributed by atoms with Crippen LogP contribution in [0.5, 0.6) is 0 Å². The first-order valence-electron chi connectivity index (χ1n) is 10.5. The number of aromatic amines is 1. The number of hydrogen-bond donors (Lipinski definition) is 2. The van der Waals surface area contributed by atoms with Crippen LogP contribution in [-0.2, 0) is 5.54 Å². The van der Waals surface area contributed by atoms with E-state index >= 15 is 0 Å². The maximum absolute atomic E-state index is 12.0. The molecule has 8 heteroatoms. The molecule has 1 saturated carbocycles. The maximum atomic E-state index is 12.0. The summed E-state index contributed by atoms with van der Waals surface area (Å²) in [6, 6.07) is 22.6. The molecule has 5 aromatic rings. The highest BCUT2D eigenvalue weighted by Gasteiger charge is 2.34. The number of aromatic nitrogens is 4. The summed E-state index contributed by atoms with van der Waals surface area (Å²) in [5.41, 5.74) is 12.6. The Labute approximate surface area is 202 Å². The second kappa shape index (κ2) is 8.63. The molecule has 0 saturated heterocycles. The van der Waals surface area contributed by atoms with Gasteiger partial charge in [0.05, 0.1) is 11.2 Å². The molecule has 1 aliphatic carbocycles. The zero-order chi connectivity index (χ0) is 21.0. The minimum Gasteiger partial charge on any atom is -1.00 e. The van der Waals surface area contributed by atoms with Crippen LogP contribution < -0.4 is 36.2 Å². The Morgan fingerprint density at radius 3 is 2.33 bits per heavy atom. The first kappa shape index (κ1) is 23.0. The Hall–Kier alpha value is -3.19. The third-order valence-electron chi connectivity index (χ3n) is 6.44. The van der Waals surface area contributed by atoms with Gasteiger partial charge in [-0.05, 0) is 42.5 Å². The fourth-order valence-electron chi connectivity index (χ4n) is 4.48. The minimum atomic E-state index is -0.260. The van der Waals surface area contributed by atoms with Crippen molar-refractivity contribution >= 4 is 16.6 Å². The second-order valence-electron chi connectivity index (χ2n) is 8.31. The molecule has 0 bridgehead atoms. The van der Waals surface area contributed by atoms with Gasteiger partial charge in [0.15, 0.2) is 5.65 Å². The average Bonchev–Trinajstić information content (AvgIpc) is 3.18. The van der Waals surface area contributed by atoms with Gasteiger partial charge < -0.3 is 30.5 Å². The summed E-state index contributed by atoms with van der Waals surface area (Å²) in [5, 5.41) is 7.56. The van der Waals surface area contributed by atoms with Crippen LogP contribution in [0.2, 0.25) is 0 Å². The summed E-state index contributed by atoms with van der Waals surface area (Å²) >= 11 is 0. The SMILES string of the molecule is NC1(c2ccc(-c3nc4ccn5c(=O)[nH]nc5c4cc3-c3ccccc3)cc2)CCC1.[Cl-].[Cl-]. The highest BCUT2D eigenvalue weighted by Crippen LogP contribution is 2.40. The van der Waals surface area contributed by atoms with E-state index in [0.717, 1.165) is 46.1 Å². The molecule has 33 heavy (non-hydrogen) atoms. The van der Waals surface area contributed by atoms with E-state index in [2.05, 4.69) is 52.7 Å². The zero-order valence-electron chi connectivity index (χ0n) is 17.6. The van der Waals surface area contributed by atoms with Crippen molar-refractivity contribution in [2.24, 2.45) is 5.73 Å². The van der Waals surface area contributed by atoms with Crippen LogP contribution in [-0.4, -0.2) is 19.6 Å². The Kier molecular flexibility index (Phi) is 6.01. The largest absolute Gasteiger partial charge is 1.00 e. The molecule has 168 valence electrons. The molecule has 0 atom stereocenters. The smallest absolute Gasteiger partial charge is 0.347 e. The van der Waals surface area contributed by atoms with E-state index in [1.165, 1.54) is 16.4 Å². The first-order chi connectivity index (χ1) is 15.1. The predicted molar refractivity (Wildman–Crippen MR) is 122 cm³/mol. The molecular formula is C25H21Cl2N5O-2. The fourth-order valence-corrected chi connectivity index (χ4v) is 4.48.